The SMILES string of the molecule is CCC(CC)(CN)C(=O)Nc1nc2c(s1)CC(C)CC2. The van der Waals surface area contributed by atoms with Gasteiger partial charge in [-0.25, -0.2) is 4.98 Å². The van der Waals surface area contributed by atoms with E-state index in [-0.39, 0.29) is 5.91 Å². The fourth-order valence-corrected chi connectivity index (χ4v) is 3.94. The third-order valence-electron chi connectivity index (χ3n) is 4.63. The van der Waals surface area contributed by atoms with Crippen LogP contribution in [0.1, 0.15) is 50.6 Å². The van der Waals surface area contributed by atoms with Gasteiger partial charge in [0.15, 0.2) is 5.13 Å². The largest absolute Gasteiger partial charge is 0.329 e. The number of hydrogen-bond donors (Lipinski definition) is 2. The molecule has 1 aromatic heterocycles. The molecule has 1 amide bonds. The Hall–Kier alpha value is -0.940. The minimum atomic E-state index is -0.459. The standard InChI is InChI=1S/C15H25N3OS/c1-4-15(5-2,9-16)13(19)18-14-17-11-7-6-10(3)8-12(11)20-14/h10H,4-9,16H2,1-3H3,(H,17,18,19). The van der Waals surface area contributed by atoms with Crippen LogP contribution in [0.5, 0.6) is 0 Å². The molecule has 0 spiro atoms. The number of nitrogens with two attached hydrogens (primary N) is 1. The second-order valence-corrected chi connectivity index (χ2v) is 6.97. The van der Waals surface area contributed by atoms with E-state index in [2.05, 4.69) is 17.2 Å². The highest BCUT2D eigenvalue weighted by Crippen LogP contribution is 2.33. The molecule has 1 atom stereocenters. The Kier molecular flexibility index (Phi) is 4.81. The maximum absolute atomic E-state index is 12.5. The predicted molar refractivity (Wildman–Crippen MR) is 84.0 cm³/mol. The van der Waals surface area contributed by atoms with E-state index in [0.29, 0.717) is 6.54 Å². The van der Waals surface area contributed by atoms with Crippen LogP contribution < -0.4 is 11.1 Å². The Labute approximate surface area is 125 Å². The number of anilines is 1. The van der Waals surface area contributed by atoms with Gasteiger partial charge in [0.2, 0.25) is 5.91 Å². The molecule has 20 heavy (non-hydrogen) atoms. The molecule has 1 aliphatic rings. The molecule has 0 fully saturated rings. The van der Waals surface area contributed by atoms with Crippen molar-refractivity contribution in [1.29, 1.82) is 0 Å². The average molecular weight is 295 g/mol. The predicted octanol–water partition coefficient (Wildman–Crippen LogP) is 2.97. The molecule has 2 rings (SSSR count). The van der Waals surface area contributed by atoms with Gasteiger partial charge in [0.1, 0.15) is 0 Å². The first-order valence-electron chi connectivity index (χ1n) is 7.54. The molecule has 0 saturated heterocycles. The lowest BCUT2D eigenvalue weighted by Gasteiger charge is -2.27. The van der Waals surface area contributed by atoms with Gasteiger partial charge in [-0.3, -0.25) is 4.79 Å². The molecule has 0 aliphatic heterocycles. The van der Waals surface area contributed by atoms with Gasteiger partial charge in [0.05, 0.1) is 11.1 Å². The number of aromatic nitrogens is 1. The third kappa shape index (κ3) is 2.88. The Morgan fingerprint density at radius 2 is 2.20 bits per heavy atom. The van der Waals surface area contributed by atoms with Crippen LogP contribution in [0.25, 0.3) is 0 Å². The first-order valence-corrected chi connectivity index (χ1v) is 8.36. The smallest absolute Gasteiger partial charge is 0.233 e. The Morgan fingerprint density at radius 3 is 2.80 bits per heavy atom. The minimum absolute atomic E-state index is 0.0177. The summed E-state index contributed by atoms with van der Waals surface area (Å²) in [5, 5.41) is 3.74. The number of thiazole rings is 1. The summed E-state index contributed by atoms with van der Waals surface area (Å²) >= 11 is 1.63. The lowest BCUT2D eigenvalue weighted by molar-refractivity contribution is -0.125. The quantitative estimate of drug-likeness (QED) is 0.877. The molecule has 0 radical (unpaired) electrons. The number of fused-ring (bicyclic) bond motifs is 1. The van der Waals surface area contributed by atoms with Gasteiger partial charge in [0.25, 0.3) is 0 Å². The summed E-state index contributed by atoms with van der Waals surface area (Å²) < 4.78 is 0. The lowest BCUT2D eigenvalue weighted by Crippen LogP contribution is -2.41. The maximum Gasteiger partial charge on any atom is 0.233 e. The topological polar surface area (TPSA) is 68.0 Å². The van der Waals surface area contributed by atoms with Crippen LogP contribution >= 0.6 is 11.3 Å². The summed E-state index contributed by atoms with van der Waals surface area (Å²) in [6.07, 6.45) is 4.83. The summed E-state index contributed by atoms with van der Waals surface area (Å²) in [7, 11) is 0. The Balaban J connectivity index is 2.12. The second kappa shape index (κ2) is 6.22. The normalized spacial score (nSPS) is 18.7. The van der Waals surface area contributed by atoms with E-state index >= 15 is 0 Å². The zero-order valence-corrected chi connectivity index (χ0v) is 13.5. The van der Waals surface area contributed by atoms with Crippen LogP contribution in [-0.2, 0) is 17.6 Å². The van der Waals surface area contributed by atoms with E-state index in [1.54, 1.807) is 11.3 Å². The molecule has 1 aliphatic carbocycles. The van der Waals surface area contributed by atoms with Crippen molar-refractivity contribution in [2.24, 2.45) is 17.1 Å². The van der Waals surface area contributed by atoms with Crippen LogP contribution in [0.3, 0.4) is 0 Å². The van der Waals surface area contributed by atoms with Gasteiger partial charge < -0.3 is 11.1 Å². The van der Waals surface area contributed by atoms with Gasteiger partial charge in [-0.15, -0.1) is 11.3 Å². The van der Waals surface area contributed by atoms with Crippen molar-refractivity contribution >= 4 is 22.4 Å². The number of carbonyl (C=O) groups excluding carboxylic acids is 1. The molecule has 3 N–H and O–H groups in total. The maximum atomic E-state index is 12.5. The van der Waals surface area contributed by atoms with Crippen molar-refractivity contribution < 1.29 is 4.79 Å². The van der Waals surface area contributed by atoms with Crippen LogP contribution in [-0.4, -0.2) is 17.4 Å². The van der Waals surface area contributed by atoms with Crippen molar-refractivity contribution in [2.75, 3.05) is 11.9 Å². The summed E-state index contributed by atoms with van der Waals surface area (Å²) in [6, 6.07) is 0. The Morgan fingerprint density at radius 1 is 1.50 bits per heavy atom. The van der Waals surface area contributed by atoms with Crippen LogP contribution in [0, 0.1) is 11.3 Å². The molecule has 0 saturated carbocycles. The van der Waals surface area contributed by atoms with Crippen LogP contribution in [0.2, 0.25) is 0 Å². The van der Waals surface area contributed by atoms with Gasteiger partial charge >= 0.3 is 0 Å². The summed E-state index contributed by atoms with van der Waals surface area (Å²) in [5.41, 5.74) is 6.54. The number of nitrogens with one attached hydrogen (secondary N) is 1. The van der Waals surface area contributed by atoms with E-state index in [1.807, 2.05) is 13.8 Å². The first-order chi connectivity index (χ1) is 9.54. The molecule has 0 aromatic carbocycles. The number of nitrogens with zero attached hydrogens (tertiary/aromatic N) is 1. The minimum Gasteiger partial charge on any atom is -0.329 e. The number of amides is 1. The zero-order valence-electron chi connectivity index (χ0n) is 12.7. The number of aryl methyl sites for hydroxylation is 1. The van der Waals surface area contributed by atoms with E-state index in [4.69, 9.17) is 5.73 Å². The van der Waals surface area contributed by atoms with E-state index < -0.39 is 5.41 Å². The third-order valence-corrected chi connectivity index (χ3v) is 5.67. The van der Waals surface area contributed by atoms with Gasteiger partial charge in [-0.1, -0.05) is 20.8 Å². The van der Waals surface area contributed by atoms with E-state index in [1.165, 1.54) is 17.0 Å². The molecule has 5 heteroatoms. The monoisotopic (exact) mass is 295 g/mol. The van der Waals surface area contributed by atoms with Gasteiger partial charge in [0, 0.05) is 11.4 Å². The fourth-order valence-electron chi connectivity index (χ4n) is 2.78. The number of rotatable bonds is 5. The summed E-state index contributed by atoms with van der Waals surface area (Å²) in [6.45, 7) is 6.69. The van der Waals surface area contributed by atoms with Crippen molar-refractivity contribution in [3.8, 4) is 0 Å². The first kappa shape index (κ1) is 15.4. The molecule has 4 nitrogen and oxygen atoms in total. The number of carbonyl (C=O) groups is 1. The van der Waals surface area contributed by atoms with E-state index in [9.17, 15) is 4.79 Å². The molecule has 1 unspecified atom stereocenters. The molecular weight excluding hydrogens is 270 g/mol. The summed E-state index contributed by atoms with van der Waals surface area (Å²) in [5.74, 6) is 0.741. The zero-order chi connectivity index (χ0) is 14.8. The van der Waals surface area contributed by atoms with Gasteiger partial charge in [-0.2, -0.15) is 0 Å². The number of hydrogen-bond acceptors (Lipinski definition) is 4. The van der Waals surface area contributed by atoms with E-state index in [0.717, 1.165) is 36.7 Å². The highest BCUT2D eigenvalue weighted by atomic mass is 32.1. The Bertz CT molecular complexity index is 471. The van der Waals surface area contributed by atoms with Crippen LogP contribution in [0.15, 0.2) is 0 Å². The van der Waals surface area contributed by atoms with Crippen molar-refractivity contribution in [1.82, 2.24) is 4.98 Å². The fraction of sp³-hybridized carbons (Fsp3) is 0.733. The summed E-state index contributed by atoms with van der Waals surface area (Å²) in [4.78, 5) is 18.4. The van der Waals surface area contributed by atoms with Crippen molar-refractivity contribution in [2.45, 2.75) is 52.9 Å². The second-order valence-electron chi connectivity index (χ2n) is 5.88. The molecule has 0 bridgehead atoms. The highest BCUT2D eigenvalue weighted by Gasteiger charge is 2.34. The van der Waals surface area contributed by atoms with Crippen molar-refractivity contribution in [3.05, 3.63) is 10.6 Å². The average Bonchev–Trinajstić information content (AvgIpc) is 2.82. The van der Waals surface area contributed by atoms with Crippen molar-refractivity contribution in [3.63, 3.8) is 0 Å². The highest BCUT2D eigenvalue weighted by molar-refractivity contribution is 7.15. The molecule has 1 heterocycles. The molecule has 1 aromatic rings. The van der Waals surface area contributed by atoms with Gasteiger partial charge in [-0.05, 0) is 38.0 Å². The van der Waals surface area contributed by atoms with Crippen LogP contribution in [0.4, 0.5) is 5.13 Å². The molecule has 112 valence electrons. The lowest BCUT2D eigenvalue weighted by atomic mass is 9.81. The molecular formula is C15H25N3OS.